The molecule has 1 aliphatic heterocycles. The summed E-state index contributed by atoms with van der Waals surface area (Å²) in [7, 11) is 0. The quantitative estimate of drug-likeness (QED) is 0.165. The number of nitrogens with zero attached hydrogens (tertiary/aromatic N) is 3. The average molecular weight is 677 g/mol. The zero-order valence-corrected chi connectivity index (χ0v) is 25.9. The number of carbonyl (C=O) groups excluding carboxylic acids is 4. The van der Waals surface area contributed by atoms with Crippen LogP contribution in [0, 0.1) is 17.6 Å². The molecule has 13 heteroatoms. The van der Waals surface area contributed by atoms with Gasteiger partial charge in [-0.25, -0.2) is 23.4 Å². The third-order valence-electron chi connectivity index (χ3n) is 7.23. The van der Waals surface area contributed by atoms with Gasteiger partial charge in [-0.1, -0.05) is 42.5 Å². The first-order valence-electron chi connectivity index (χ1n) is 15.1. The van der Waals surface area contributed by atoms with Crippen molar-refractivity contribution in [2.24, 2.45) is 5.92 Å². The summed E-state index contributed by atoms with van der Waals surface area (Å²) in [4.78, 5) is 58.5. The summed E-state index contributed by atoms with van der Waals surface area (Å²) in [5, 5.41) is 2.44. The van der Waals surface area contributed by atoms with E-state index in [1.54, 1.807) is 42.5 Å². The van der Waals surface area contributed by atoms with Crippen LogP contribution in [-0.2, 0) is 9.59 Å². The van der Waals surface area contributed by atoms with Crippen LogP contribution in [0.15, 0.2) is 134 Å². The van der Waals surface area contributed by atoms with Crippen LogP contribution in [0.4, 0.5) is 35.6 Å². The van der Waals surface area contributed by atoms with Gasteiger partial charge in [-0.2, -0.15) is 4.90 Å². The maximum absolute atomic E-state index is 15.2. The number of halogens is 2. The van der Waals surface area contributed by atoms with Gasteiger partial charge in [-0.3, -0.25) is 14.5 Å². The zero-order valence-electron chi connectivity index (χ0n) is 25.9. The summed E-state index contributed by atoms with van der Waals surface area (Å²) in [6.07, 6.45) is 2.24. The van der Waals surface area contributed by atoms with Crippen LogP contribution >= 0.6 is 0 Å². The molecule has 2 heterocycles. The number of ether oxygens (including phenoxy) is 3. The number of amides is 4. The van der Waals surface area contributed by atoms with Gasteiger partial charge in [0, 0.05) is 30.2 Å². The molecular weight excluding hydrogens is 650 g/mol. The second-order valence-corrected chi connectivity index (χ2v) is 10.6. The number of pyridine rings is 1. The molecule has 0 aliphatic carbocycles. The molecule has 4 aromatic carbocycles. The van der Waals surface area contributed by atoms with Crippen molar-refractivity contribution in [2.75, 3.05) is 15.1 Å². The van der Waals surface area contributed by atoms with E-state index in [1.807, 2.05) is 0 Å². The maximum atomic E-state index is 15.2. The van der Waals surface area contributed by atoms with Crippen molar-refractivity contribution in [3.05, 3.63) is 145 Å². The third kappa shape index (κ3) is 7.80. The number of rotatable bonds is 8. The topological polar surface area (TPSA) is 127 Å². The molecule has 0 bridgehead atoms. The van der Waals surface area contributed by atoms with Crippen LogP contribution in [-0.4, -0.2) is 29.0 Å². The van der Waals surface area contributed by atoms with Gasteiger partial charge >= 0.3 is 12.2 Å². The summed E-state index contributed by atoms with van der Waals surface area (Å²) in [5.74, 6) is -3.59. The Morgan fingerprint density at radius 3 is 2.00 bits per heavy atom. The molecule has 0 saturated carbocycles. The first kappa shape index (κ1) is 33.0. The zero-order chi connectivity index (χ0) is 35.0. The number of anilines is 3. The molecule has 250 valence electrons. The second kappa shape index (κ2) is 14.9. The van der Waals surface area contributed by atoms with E-state index < -0.39 is 41.6 Å². The predicted octanol–water partition coefficient (Wildman–Crippen LogP) is 7.86. The van der Waals surface area contributed by atoms with Crippen molar-refractivity contribution in [3.8, 4) is 23.0 Å². The predicted molar refractivity (Wildman–Crippen MR) is 178 cm³/mol. The Balaban J connectivity index is 1.16. The van der Waals surface area contributed by atoms with Crippen molar-refractivity contribution < 1.29 is 42.2 Å². The maximum Gasteiger partial charge on any atom is 0.430 e. The molecule has 0 saturated heterocycles. The van der Waals surface area contributed by atoms with Gasteiger partial charge in [-0.15, -0.1) is 0 Å². The number of para-hydroxylation sites is 2. The fourth-order valence-corrected chi connectivity index (χ4v) is 4.81. The number of nitrogens with one attached hydrogen (secondary N) is 1. The first-order valence-corrected chi connectivity index (χ1v) is 15.1. The molecule has 11 nitrogen and oxygen atoms in total. The van der Waals surface area contributed by atoms with E-state index in [1.165, 1.54) is 90.1 Å². The first-order chi connectivity index (χ1) is 24.2. The van der Waals surface area contributed by atoms with E-state index in [4.69, 9.17) is 14.2 Å². The van der Waals surface area contributed by atoms with Crippen LogP contribution in [0.2, 0.25) is 0 Å². The molecule has 0 radical (unpaired) electrons. The van der Waals surface area contributed by atoms with Gasteiger partial charge in [0.2, 0.25) is 11.8 Å². The largest absolute Gasteiger partial charge is 0.457 e. The minimum atomic E-state index is -1.15. The van der Waals surface area contributed by atoms with E-state index in [0.717, 1.165) is 6.07 Å². The lowest BCUT2D eigenvalue weighted by atomic mass is 9.99. The van der Waals surface area contributed by atoms with Gasteiger partial charge in [0.15, 0.2) is 5.82 Å². The van der Waals surface area contributed by atoms with Crippen LogP contribution < -0.4 is 29.3 Å². The molecule has 5 aromatic rings. The highest BCUT2D eigenvalue weighted by Gasteiger charge is 2.33. The van der Waals surface area contributed by atoms with Crippen LogP contribution in [0.3, 0.4) is 0 Å². The van der Waals surface area contributed by atoms with E-state index in [0.29, 0.717) is 10.6 Å². The lowest BCUT2D eigenvalue weighted by Gasteiger charge is -2.27. The van der Waals surface area contributed by atoms with Crippen molar-refractivity contribution >= 4 is 41.2 Å². The van der Waals surface area contributed by atoms with Crippen molar-refractivity contribution in [2.45, 2.75) is 6.42 Å². The Hall–Kier alpha value is -6.89. The van der Waals surface area contributed by atoms with Gasteiger partial charge < -0.3 is 19.5 Å². The van der Waals surface area contributed by atoms with Crippen LogP contribution in [0.1, 0.15) is 6.42 Å². The van der Waals surface area contributed by atoms with Crippen molar-refractivity contribution in [3.63, 3.8) is 0 Å². The SMILES string of the molecule is O=C(Nc1ccc(Oc2ccnc(N(C(=O)Oc3ccccc3)C(=O)Oc3ccccc3)c2)cc1F)C1CC=CN(c2ccc(F)cc2)C1=O. The summed E-state index contributed by atoms with van der Waals surface area (Å²) >= 11 is 0. The van der Waals surface area contributed by atoms with Gasteiger partial charge in [0.05, 0.1) is 5.69 Å². The second-order valence-electron chi connectivity index (χ2n) is 10.6. The Morgan fingerprint density at radius 1 is 0.760 bits per heavy atom. The van der Waals surface area contributed by atoms with E-state index in [-0.39, 0.29) is 40.9 Å². The summed E-state index contributed by atoms with van der Waals surface area (Å²) in [6.45, 7) is 0. The van der Waals surface area contributed by atoms with Crippen molar-refractivity contribution in [1.82, 2.24) is 4.98 Å². The number of hydrogen-bond acceptors (Lipinski definition) is 8. The molecule has 1 N–H and O–H groups in total. The Labute approximate surface area is 283 Å². The lowest BCUT2D eigenvalue weighted by molar-refractivity contribution is -0.130. The summed E-state index contributed by atoms with van der Waals surface area (Å²) in [6, 6.07) is 27.7. The summed E-state index contributed by atoms with van der Waals surface area (Å²) in [5.41, 5.74) is 0.174. The molecule has 6 rings (SSSR count). The Bertz CT molecular complexity index is 2010. The van der Waals surface area contributed by atoms with Gasteiger partial charge in [0.1, 0.15) is 40.6 Å². The molecule has 0 fully saturated rings. The number of carbonyl (C=O) groups is 4. The van der Waals surface area contributed by atoms with E-state index >= 15 is 4.39 Å². The smallest absolute Gasteiger partial charge is 0.430 e. The average Bonchev–Trinajstić information content (AvgIpc) is 3.11. The Morgan fingerprint density at radius 2 is 1.38 bits per heavy atom. The van der Waals surface area contributed by atoms with E-state index in [9.17, 15) is 23.6 Å². The summed E-state index contributed by atoms with van der Waals surface area (Å²) < 4.78 is 45.1. The molecule has 1 aliphatic rings. The van der Waals surface area contributed by atoms with E-state index in [2.05, 4.69) is 10.3 Å². The highest BCUT2D eigenvalue weighted by molar-refractivity contribution is 6.13. The lowest BCUT2D eigenvalue weighted by Crippen LogP contribution is -2.41. The van der Waals surface area contributed by atoms with Gasteiger partial charge in [-0.05, 0) is 73.2 Å². The standard InChI is InChI=1S/C37H26F2N4O7/c38-24-13-15-25(16-14-24)42-21-7-12-30(35(42)45)34(44)41-32-18-17-28(22-31(32)39)48-29-19-20-40-33(23-29)43(36(46)49-26-8-3-1-4-9-26)37(47)50-27-10-5-2-6-11-27/h1-11,13-23,30H,12H2,(H,41,44). The van der Waals surface area contributed by atoms with Gasteiger partial charge in [0.25, 0.3) is 0 Å². The number of imide groups is 1. The number of benzene rings is 4. The molecule has 1 atom stereocenters. The number of allylic oxidation sites excluding steroid dienone is 1. The minimum Gasteiger partial charge on any atom is -0.457 e. The molecule has 1 unspecified atom stereocenters. The monoisotopic (exact) mass is 676 g/mol. The molecule has 4 amide bonds. The van der Waals surface area contributed by atoms with Crippen LogP contribution in [0.25, 0.3) is 0 Å². The fraction of sp³-hybridized carbons (Fsp3) is 0.0541. The number of hydrogen-bond donors (Lipinski definition) is 1. The highest BCUT2D eigenvalue weighted by atomic mass is 19.1. The fourth-order valence-electron chi connectivity index (χ4n) is 4.81. The normalized spacial score (nSPS) is 13.7. The molecule has 50 heavy (non-hydrogen) atoms. The molecule has 0 spiro atoms. The van der Waals surface area contributed by atoms with Crippen LogP contribution in [0.5, 0.6) is 23.0 Å². The highest BCUT2D eigenvalue weighted by Crippen LogP contribution is 2.30. The van der Waals surface area contributed by atoms with Crippen molar-refractivity contribution in [1.29, 1.82) is 0 Å². The minimum absolute atomic E-state index is 0.00193. The third-order valence-corrected chi connectivity index (χ3v) is 7.23. The molecular formula is C37H26F2N4O7. The number of aromatic nitrogens is 1. The Kier molecular flexibility index (Phi) is 9.84. The molecule has 1 aromatic heterocycles.